The topological polar surface area (TPSA) is 107 Å². The third-order valence-electron chi connectivity index (χ3n) is 13.0. The molecule has 0 unspecified atom stereocenters. The molecule has 1 saturated carbocycles. The van der Waals surface area contributed by atoms with E-state index in [-0.39, 0.29) is 35.8 Å². The van der Waals surface area contributed by atoms with Crippen molar-refractivity contribution >= 4 is 40.9 Å². The number of phenols is 1. The molecule has 3 heterocycles. The zero-order valence-electron chi connectivity index (χ0n) is 31.2. The van der Waals surface area contributed by atoms with E-state index in [0.717, 1.165) is 25.2 Å². The Balaban J connectivity index is 1.14. The van der Waals surface area contributed by atoms with E-state index in [0.29, 0.717) is 47.7 Å². The number of carbonyl (C=O) groups is 4. The van der Waals surface area contributed by atoms with Gasteiger partial charge in [-0.05, 0) is 73.9 Å². The molecule has 286 valence electrons. The molecule has 4 aromatic carbocycles. The number of halogens is 1. The molecule has 4 fully saturated rings. The van der Waals surface area contributed by atoms with Gasteiger partial charge in [0.2, 0.25) is 23.6 Å². The number of allylic oxidation sites excluding steroid dienone is 2. The Morgan fingerprint density at radius 2 is 1.54 bits per heavy atom. The van der Waals surface area contributed by atoms with Crippen LogP contribution in [0.3, 0.4) is 0 Å². The van der Waals surface area contributed by atoms with Crippen LogP contribution in [-0.4, -0.2) is 64.3 Å². The van der Waals surface area contributed by atoms with Gasteiger partial charge in [0.05, 0.1) is 35.5 Å². The number of piperidine rings is 1. The Hall–Kier alpha value is -5.25. The lowest BCUT2D eigenvalue weighted by molar-refractivity contribution is -0.144. The van der Waals surface area contributed by atoms with Crippen LogP contribution >= 0.6 is 11.6 Å². The monoisotopic (exact) mass is 769 g/mol. The molecule has 0 bridgehead atoms. The summed E-state index contributed by atoms with van der Waals surface area (Å²) in [4.78, 5) is 64.9. The Morgan fingerprint density at radius 3 is 2.25 bits per heavy atom. The molecule has 1 N–H and O–H groups in total. The van der Waals surface area contributed by atoms with E-state index in [4.69, 9.17) is 16.3 Å². The first-order chi connectivity index (χ1) is 27.2. The number of ether oxygens (including phenoxy) is 1. The van der Waals surface area contributed by atoms with Gasteiger partial charge in [0.25, 0.3) is 0 Å². The van der Waals surface area contributed by atoms with Crippen molar-refractivity contribution in [2.45, 2.75) is 56.5 Å². The smallest absolute Gasteiger partial charge is 0.246 e. The number of anilines is 1. The molecule has 4 aromatic rings. The summed E-state index contributed by atoms with van der Waals surface area (Å²) in [5, 5.41) is 12.4. The van der Waals surface area contributed by atoms with Crippen molar-refractivity contribution in [3.05, 3.63) is 136 Å². The standard InChI is InChI=1S/C46H44ClN3O6/c1-2-56-38-18-10-17-35(41(38)51)40-33-19-20-34-39(44(54)49(42(34)52)31-21-23-48(24-22-31)27-28-11-5-3-6-12-28)36(33)26-37-43(53)50(32-16-9-15-30(47)25-32)45(55)46(37,40)29-13-7-4-8-14-29/h3-19,25,31,34,36-37,39-40,51H,2,20-24,26-27H2,1H3/t34-,36+,37-,39-,40+,46+/m0/s1. The third-order valence-corrected chi connectivity index (χ3v) is 13.2. The largest absolute Gasteiger partial charge is 0.504 e. The van der Waals surface area contributed by atoms with Crippen LogP contribution in [0.1, 0.15) is 55.2 Å². The van der Waals surface area contributed by atoms with Crippen molar-refractivity contribution in [1.29, 1.82) is 0 Å². The van der Waals surface area contributed by atoms with Gasteiger partial charge in [0.1, 0.15) is 0 Å². The van der Waals surface area contributed by atoms with Gasteiger partial charge in [0, 0.05) is 42.2 Å². The minimum Gasteiger partial charge on any atom is -0.504 e. The molecule has 0 aromatic heterocycles. The summed E-state index contributed by atoms with van der Waals surface area (Å²) in [6, 6.07) is 31.4. The minimum atomic E-state index is -1.49. The van der Waals surface area contributed by atoms with Crippen LogP contribution in [-0.2, 0) is 31.1 Å². The number of hydrogen-bond acceptors (Lipinski definition) is 7. The minimum absolute atomic E-state index is 0.115. The molecule has 4 amide bonds. The van der Waals surface area contributed by atoms with Gasteiger partial charge >= 0.3 is 0 Å². The maximum absolute atomic E-state index is 15.5. The molecular weight excluding hydrogens is 726 g/mol. The normalized spacial score (nSPS) is 27.9. The first kappa shape index (κ1) is 36.4. The molecule has 5 aliphatic rings. The van der Waals surface area contributed by atoms with Gasteiger partial charge in [-0.2, -0.15) is 0 Å². The third kappa shape index (κ3) is 5.61. The Labute approximate surface area is 331 Å². The van der Waals surface area contributed by atoms with Crippen LogP contribution in [0.4, 0.5) is 5.69 Å². The van der Waals surface area contributed by atoms with Crippen molar-refractivity contribution in [2.24, 2.45) is 23.7 Å². The molecule has 0 radical (unpaired) electrons. The van der Waals surface area contributed by atoms with Crippen LogP contribution in [0.5, 0.6) is 11.5 Å². The second-order valence-electron chi connectivity index (χ2n) is 15.8. The summed E-state index contributed by atoms with van der Waals surface area (Å²) in [7, 11) is 0. The van der Waals surface area contributed by atoms with E-state index < -0.39 is 46.8 Å². The number of likely N-dealkylation sites (tertiary alicyclic amines) is 2. The van der Waals surface area contributed by atoms with E-state index in [1.54, 1.807) is 47.4 Å². The average molecular weight is 770 g/mol. The predicted octanol–water partition coefficient (Wildman–Crippen LogP) is 7.27. The number of carbonyl (C=O) groups excluding carboxylic acids is 4. The molecule has 56 heavy (non-hydrogen) atoms. The van der Waals surface area contributed by atoms with Gasteiger partial charge in [-0.25, -0.2) is 4.90 Å². The molecule has 9 nitrogen and oxygen atoms in total. The number of rotatable bonds is 8. The van der Waals surface area contributed by atoms with Crippen molar-refractivity contribution < 1.29 is 29.0 Å². The average Bonchev–Trinajstić information content (AvgIpc) is 3.60. The first-order valence-corrected chi connectivity index (χ1v) is 20.1. The Kier molecular flexibility index (Phi) is 9.33. The number of hydrogen-bond donors (Lipinski definition) is 1. The molecule has 0 spiro atoms. The quantitative estimate of drug-likeness (QED) is 0.148. The van der Waals surface area contributed by atoms with Gasteiger partial charge in [0.15, 0.2) is 11.5 Å². The number of para-hydroxylation sites is 1. The highest BCUT2D eigenvalue weighted by molar-refractivity contribution is 6.32. The van der Waals surface area contributed by atoms with Crippen molar-refractivity contribution in [2.75, 3.05) is 24.6 Å². The van der Waals surface area contributed by atoms with Crippen molar-refractivity contribution in [1.82, 2.24) is 9.80 Å². The van der Waals surface area contributed by atoms with Gasteiger partial charge in [-0.1, -0.05) is 102 Å². The summed E-state index contributed by atoms with van der Waals surface area (Å²) in [6.45, 7) is 4.50. The molecule has 10 heteroatoms. The molecule has 9 rings (SSSR count). The van der Waals surface area contributed by atoms with E-state index in [1.807, 2.05) is 61.5 Å². The lowest BCUT2D eigenvalue weighted by Crippen LogP contribution is -2.53. The van der Waals surface area contributed by atoms with Crippen LogP contribution < -0.4 is 9.64 Å². The van der Waals surface area contributed by atoms with Crippen LogP contribution in [0.15, 0.2) is 115 Å². The molecule has 3 saturated heterocycles. The zero-order valence-corrected chi connectivity index (χ0v) is 32.0. The second kappa shape index (κ2) is 14.4. The zero-order chi connectivity index (χ0) is 38.7. The number of benzene rings is 4. The van der Waals surface area contributed by atoms with Crippen molar-refractivity contribution in [3.63, 3.8) is 0 Å². The summed E-state index contributed by atoms with van der Waals surface area (Å²) >= 11 is 6.45. The van der Waals surface area contributed by atoms with Crippen LogP contribution in [0.2, 0.25) is 5.02 Å². The SMILES string of the molecule is CCOc1cccc([C@H]2C3=CC[C@@H]4C(=O)N(C5CCN(Cc6ccccc6)CC5)C(=O)[C@@H]4[C@@H]3C[C@H]3C(=O)N(c4cccc(Cl)c4)C(=O)[C@@]23c2ccccc2)c1O. The number of imide groups is 2. The highest BCUT2D eigenvalue weighted by Crippen LogP contribution is 2.65. The fraction of sp³-hybridized carbons (Fsp3) is 0.348. The number of amides is 4. The fourth-order valence-electron chi connectivity index (χ4n) is 10.7. The van der Waals surface area contributed by atoms with Gasteiger partial charge in [-0.15, -0.1) is 0 Å². The van der Waals surface area contributed by atoms with Crippen LogP contribution in [0, 0.1) is 23.7 Å². The molecule has 6 atom stereocenters. The predicted molar refractivity (Wildman–Crippen MR) is 212 cm³/mol. The number of aromatic hydroxyl groups is 1. The summed E-state index contributed by atoms with van der Waals surface area (Å²) in [6.07, 6.45) is 3.92. The molecule has 3 aliphatic heterocycles. The van der Waals surface area contributed by atoms with Crippen LogP contribution in [0.25, 0.3) is 0 Å². The maximum atomic E-state index is 15.5. The van der Waals surface area contributed by atoms with Gasteiger partial charge < -0.3 is 9.84 Å². The second-order valence-corrected chi connectivity index (χ2v) is 16.2. The fourth-order valence-corrected chi connectivity index (χ4v) is 10.9. The van der Waals surface area contributed by atoms with E-state index in [1.165, 1.54) is 10.5 Å². The lowest BCUT2D eigenvalue weighted by Gasteiger charge is -2.50. The first-order valence-electron chi connectivity index (χ1n) is 19.7. The number of fused-ring (bicyclic) bond motifs is 4. The van der Waals surface area contributed by atoms with Crippen molar-refractivity contribution in [3.8, 4) is 11.5 Å². The highest BCUT2D eigenvalue weighted by atomic mass is 35.5. The van der Waals surface area contributed by atoms with E-state index in [9.17, 15) is 14.7 Å². The van der Waals surface area contributed by atoms with E-state index >= 15 is 9.59 Å². The summed E-state index contributed by atoms with van der Waals surface area (Å²) in [5.41, 5.74) is 1.97. The lowest BCUT2D eigenvalue weighted by atomic mass is 9.49. The maximum Gasteiger partial charge on any atom is 0.246 e. The molecule has 2 aliphatic carbocycles. The number of nitrogens with zero attached hydrogens (tertiary/aromatic N) is 3. The van der Waals surface area contributed by atoms with E-state index in [2.05, 4.69) is 17.0 Å². The number of phenolic OH excluding ortho intramolecular Hbond substituents is 1. The molecular formula is C46H44ClN3O6. The summed E-state index contributed by atoms with van der Waals surface area (Å²) < 4.78 is 5.87. The Morgan fingerprint density at radius 1 is 0.821 bits per heavy atom. The Bertz CT molecular complexity index is 2240. The highest BCUT2D eigenvalue weighted by Gasteiger charge is 2.70. The van der Waals surface area contributed by atoms with Gasteiger partial charge in [-0.3, -0.25) is 29.0 Å². The summed E-state index contributed by atoms with van der Waals surface area (Å²) in [5.74, 6) is -4.57.